The van der Waals surface area contributed by atoms with Crippen LogP contribution < -0.4 is 16.0 Å². The van der Waals surface area contributed by atoms with E-state index in [0.717, 1.165) is 12.1 Å². The van der Waals surface area contributed by atoms with Gasteiger partial charge in [0.15, 0.2) is 0 Å². The lowest BCUT2D eigenvalue weighted by Crippen LogP contribution is -2.54. The first-order valence-corrected chi connectivity index (χ1v) is 10.2. The van der Waals surface area contributed by atoms with E-state index in [1.165, 1.54) is 32.1 Å². The second-order valence-electron chi connectivity index (χ2n) is 8.03. The average molecular weight is 382 g/mol. The van der Waals surface area contributed by atoms with Crippen LogP contribution in [-0.2, 0) is 4.79 Å². The molecule has 1 saturated carbocycles. The standard InChI is InChI=1S/C22H29N4O2/c23-16-22(25-20(27)11-6-17-4-2-1-3-5-17)12-14-26(15-13-22)19-9-7-18(8-10-19)21(24)28/h7-11,17H,1-6,12-15H2,(H2,24,28)(H,25,27). The molecule has 3 N–H and O–H groups in total. The number of carbonyl (C=O) groups is 2. The molecular formula is C22H29N4O2. The maximum Gasteiger partial charge on any atom is 0.248 e. The number of hydrogen-bond donors (Lipinski definition) is 2. The van der Waals surface area contributed by atoms with Gasteiger partial charge in [0.25, 0.3) is 0 Å². The van der Waals surface area contributed by atoms with E-state index in [2.05, 4.69) is 16.3 Å². The summed E-state index contributed by atoms with van der Waals surface area (Å²) in [7, 11) is 0. The number of primary amides is 1. The molecule has 2 fully saturated rings. The highest BCUT2D eigenvalue weighted by Gasteiger charge is 2.36. The van der Waals surface area contributed by atoms with Gasteiger partial charge in [-0.1, -0.05) is 32.1 Å². The summed E-state index contributed by atoms with van der Waals surface area (Å²) in [4.78, 5) is 25.8. The van der Waals surface area contributed by atoms with Crippen LogP contribution in [0.3, 0.4) is 0 Å². The minimum Gasteiger partial charge on any atom is -0.371 e. The molecule has 2 aliphatic rings. The average Bonchev–Trinajstić information content (AvgIpc) is 2.73. The zero-order chi connectivity index (χ0) is 20.0. The van der Waals surface area contributed by atoms with Crippen molar-refractivity contribution in [3.05, 3.63) is 36.2 Å². The van der Waals surface area contributed by atoms with Gasteiger partial charge in [-0.25, -0.2) is 0 Å². The van der Waals surface area contributed by atoms with Crippen LogP contribution in [-0.4, -0.2) is 30.4 Å². The van der Waals surface area contributed by atoms with E-state index in [1.807, 2.05) is 12.1 Å². The molecular weight excluding hydrogens is 352 g/mol. The van der Waals surface area contributed by atoms with Gasteiger partial charge in [-0.15, -0.1) is 0 Å². The Balaban J connectivity index is 1.50. The van der Waals surface area contributed by atoms with Crippen molar-refractivity contribution in [3.8, 4) is 6.07 Å². The first-order chi connectivity index (χ1) is 13.5. The Morgan fingerprint density at radius 1 is 1.18 bits per heavy atom. The highest BCUT2D eigenvalue weighted by molar-refractivity contribution is 5.93. The van der Waals surface area contributed by atoms with Crippen molar-refractivity contribution in [1.82, 2.24) is 5.32 Å². The van der Waals surface area contributed by atoms with Gasteiger partial charge in [-0.3, -0.25) is 9.59 Å². The van der Waals surface area contributed by atoms with Gasteiger partial charge in [0, 0.05) is 43.6 Å². The zero-order valence-corrected chi connectivity index (χ0v) is 16.3. The fraction of sp³-hybridized carbons (Fsp3) is 0.545. The Morgan fingerprint density at radius 3 is 2.39 bits per heavy atom. The minimum absolute atomic E-state index is 0.119. The van der Waals surface area contributed by atoms with Crippen molar-refractivity contribution in [3.63, 3.8) is 0 Å². The number of nitrogens with two attached hydrogens (primary N) is 1. The molecule has 3 rings (SSSR count). The first-order valence-electron chi connectivity index (χ1n) is 10.2. The van der Waals surface area contributed by atoms with Crippen LogP contribution in [0, 0.1) is 23.7 Å². The van der Waals surface area contributed by atoms with E-state index in [4.69, 9.17) is 5.73 Å². The predicted octanol–water partition coefficient (Wildman–Crippen LogP) is 2.94. The summed E-state index contributed by atoms with van der Waals surface area (Å²) < 4.78 is 0. The number of piperidine rings is 1. The van der Waals surface area contributed by atoms with E-state index in [1.54, 1.807) is 18.6 Å². The number of anilines is 1. The van der Waals surface area contributed by atoms with Crippen LogP contribution in [0.25, 0.3) is 0 Å². The quantitative estimate of drug-likeness (QED) is 0.791. The van der Waals surface area contributed by atoms with E-state index >= 15 is 0 Å². The van der Waals surface area contributed by atoms with Crippen molar-refractivity contribution >= 4 is 17.5 Å². The number of rotatable bonds is 6. The molecule has 1 heterocycles. The molecule has 0 spiro atoms. The van der Waals surface area contributed by atoms with Crippen molar-refractivity contribution in [2.45, 2.75) is 56.9 Å². The Kier molecular flexibility index (Phi) is 6.56. The highest BCUT2D eigenvalue weighted by atomic mass is 16.2. The molecule has 1 aromatic carbocycles. The lowest BCUT2D eigenvalue weighted by atomic mass is 9.85. The van der Waals surface area contributed by atoms with E-state index in [9.17, 15) is 14.9 Å². The molecule has 1 saturated heterocycles. The summed E-state index contributed by atoms with van der Waals surface area (Å²) in [5.74, 6) is 0.0509. The number of nitriles is 1. The number of carbonyl (C=O) groups excluding carboxylic acids is 2. The van der Waals surface area contributed by atoms with Gasteiger partial charge in [-0.2, -0.15) is 5.26 Å². The van der Waals surface area contributed by atoms with Crippen molar-refractivity contribution in [2.75, 3.05) is 18.0 Å². The number of nitrogens with one attached hydrogen (secondary N) is 1. The third-order valence-corrected chi connectivity index (χ3v) is 6.07. The molecule has 0 atom stereocenters. The molecule has 0 unspecified atom stereocenters. The minimum atomic E-state index is -0.802. The van der Waals surface area contributed by atoms with Gasteiger partial charge in [0.2, 0.25) is 11.8 Å². The van der Waals surface area contributed by atoms with Crippen LogP contribution >= 0.6 is 0 Å². The molecule has 2 amide bonds. The monoisotopic (exact) mass is 381 g/mol. The summed E-state index contributed by atoms with van der Waals surface area (Å²) in [5, 5.41) is 12.7. The number of hydrogen-bond acceptors (Lipinski definition) is 4. The lowest BCUT2D eigenvalue weighted by Gasteiger charge is -2.39. The summed E-state index contributed by atoms with van der Waals surface area (Å²) in [6.07, 6.45) is 9.94. The molecule has 6 nitrogen and oxygen atoms in total. The number of benzene rings is 1. The summed E-state index contributed by atoms with van der Waals surface area (Å²) in [5.41, 5.74) is 5.95. The smallest absolute Gasteiger partial charge is 0.248 e. The molecule has 28 heavy (non-hydrogen) atoms. The van der Waals surface area contributed by atoms with Gasteiger partial charge in [0.1, 0.15) is 5.54 Å². The van der Waals surface area contributed by atoms with Crippen LogP contribution in [0.5, 0.6) is 0 Å². The van der Waals surface area contributed by atoms with Crippen LogP contribution in [0.2, 0.25) is 0 Å². The number of amides is 2. The molecule has 6 heteroatoms. The van der Waals surface area contributed by atoms with Crippen LogP contribution in [0.4, 0.5) is 5.69 Å². The Bertz CT molecular complexity index is 724. The Hall–Kier alpha value is -2.55. The van der Waals surface area contributed by atoms with Gasteiger partial charge >= 0.3 is 0 Å². The van der Waals surface area contributed by atoms with Gasteiger partial charge < -0.3 is 16.0 Å². The maximum atomic E-state index is 12.4. The highest BCUT2D eigenvalue weighted by Crippen LogP contribution is 2.28. The van der Waals surface area contributed by atoms with E-state index < -0.39 is 11.4 Å². The van der Waals surface area contributed by atoms with Crippen LogP contribution in [0.1, 0.15) is 61.7 Å². The SMILES string of the molecule is N#CC1(NC(=O)[CH]CC2CCCCC2)CCN(c2ccc(C(N)=O)cc2)CC1. The fourth-order valence-corrected chi connectivity index (χ4v) is 4.23. The maximum absolute atomic E-state index is 12.4. The third kappa shape index (κ3) is 5.03. The molecule has 1 aliphatic carbocycles. The molecule has 149 valence electrons. The summed E-state index contributed by atoms with van der Waals surface area (Å²) in [6.45, 7) is 1.35. The van der Waals surface area contributed by atoms with E-state index in [0.29, 0.717) is 37.4 Å². The lowest BCUT2D eigenvalue weighted by molar-refractivity contribution is -0.119. The molecule has 0 aromatic heterocycles. The zero-order valence-electron chi connectivity index (χ0n) is 16.3. The normalized spacial score (nSPS) is 19.6. The molecule has 1 aliphatic heterocycles. The second kappa shape index (κ2) is 9.09. The van der Waals surface area contributed by atoms with Gasteiger partial charge in [-0.05, 0) is 36.6 Å². The Morgan fingerprint density at radius 2 is 1.82 bits per heavy atom. The summed E-state index contributed by atoms with van der Waals surface area (Å²) in [6, 6.07) is 9.51. The number of nitrogens with zero attached hydrogens (tertiary/aromatic N) is 2. The van der Waals surface area contributed by atoms with Crippen molar-refractivity contribution in [1.29, 1.82) is 5.26 Å². The molecule has 1 radical (unpaired) electrons. The Labute approximate surface area is 167 Å². The molecule has 0 bridgehead atoms. The first kappa shape index (κ1) is 20.2. The topological polar surface area (TPSA) is 99.2 Å². The van der Waals surface area contributed by atoms with Crippen LogP contribution in [0.15, 0.2) is 24.3 Å². The second-order valence-corrected chi connectivity index (χ2v) is 8.03. The van der Waals surface area contributed by atoms with Crippen molar-refractivity contribution in [2.24, 2.45) is 11.7 Å². The largest absolute Gasteiger partial charge is 0.371 e. The summed E-state index contributed by atoms with van der Waals surface area (Å²) >= 11 is 0. The fourth-order valence-electron chi connectivity index (χ4n) is 4.23. The molecule has 1 aromatic rings. The van der Waals surface area contributed by atoms with Gasteiger partial charge in [0.05, 0.1) is 6.07 Å². The third-order valence-electron chi connectivity index (χ3n) is 6.07. The predicted molar refractivity (Wildman–Crippen MR) is 108 cm³/mol. The van der Waals surface area contributed by atoms with Crippen molar-refractivity contribution < 1.29 is 9.59 Å². The van der Waals surface area contributed by atoms with E-state index in [-0.39, 0.29) is 5.91 Å².